The molecule has 1 unspecified atom stereocenters. The van der Waals surface area contributed by atoms with Gasteiger partial charge in [0.05, 0.1) is 5.69 Å². The Labute approximate surface area is 119 Å². The first-order chi connectivity index (χ1) is 8.31. The molecular weight excluding hydrogens is 321 g/mol. The van der Waals surface area contributed by atoms with Gasteiger partial charge < -0.3 is 0 Å². The first kappa shape index (κ1) is 14.7. The number of rotatable bonds is 7. The number of nitrogens with zero attached hydrogens (tertiary/aromatic N) is 1. The van der Waals surface area contributed by atoms with Crippen LogP contribution in [0, 0.1) is 5.92 Å². The number of aromatic nitrogens is 1. The largest absolute Gasteiger partial charge is 0.257 e. The van der Waals surface area contributed by atoms with Crippen molar-refractivity contribution in [2.24, 2.45) is 5.92 Å². The van der Waals surface area contributed by atoms with Gasteiger partial charge in [-0.3, -0.25) is 4.98 Å². The second-order valence-corrected chi connectivity index (χ2v) is 5.44. The van der Waals surface area contributed by atoms with Crippen LogP contribution in [0.1, 0.15) is 45.2 Å². The summed E-state index contributed by atoms with van der Waals surface area (Å²) >= 11 is 2.48. The standard InChI is InChI=1S/C15H22IN/c1-3-7-13(9-10-16)12-14(4-2)15-8-5-6-11-17-15/h4-6,8,11,13H,3,7,9-10,12H2,1-2H3/b14-4+. The molecule has 0 bridgehead atoms. The van der Waals surface area contributed by atoms with E-state index in [2.05, 4.69) is 59.6 Å². The molecular formula is C15H22IN. The predicted octanol–water partition coefficient (Wildman–Crippen LogP) is 5.12. The van der Waals surface area contributed by atoms with Crippen LogP contribution in [0.15, 0.2) is 30.5 Å². The van der Waals surface area contributed by atoms with E-state index in [4.69, 9.17) is 0 Å². The van der Waals surface area contributed by atoms with Crippen molar-refractivity contribution in [3.63, 3.8) is 0 Å². The maximum atomic E-state index is 4.45. The molecule has 1 rings (SSSR count). The van der Waals surface area contributed by atoms with Gasteiger partial charge in [-0.2, -0.15) is 0 Å². The Morgan fingerprint density at radius 1 is 1.41 bits per heavy atom. The second kappa shape index (κ2) is 8.67. The van der Waals surface area contributed by atoms with Gasteiger partial charge in [0.1, 0.15) is 0 Å². The third-order valence-corrected chi connectivity index (χ3v) is 3.69. The lowest BCUT2D eigenvalue weighted by Gasteiger charge is -2.16. The van der Waals surface area contributed by atoms with E-state index in [1.54, 1.807) is 0 Å². The smallest absolute Gasteiger partial charge is 0.0658 e. The molecule has 17 heavy (non-hydrogen) atoms. The molecule has 0 N–H and O–H groups in total. The fourth-order valence-corrected chi connectivity index (χ4v) is 3.03. The van der Waals surface area contributed by atoms with Gasteiger partial charge in [0.15, 0.2) is 0 Å². The second-order valence-electron chi connectivity index (χ2n) is 4.37. The molecule has 0 fully saturated rings. The van der Waals surface area contributed by atoms with Crippen LogP contribution in [-0.2, 0) is 0 Å². The monoisotopic (exact) mass is 343 g/mol. The van der Waals surface area contributed by atoms with Gasteiger partial charge in [-0.15, -0.1) is 0 Å². The molecule has 0 aliphatic rings. The molecule has 0 aliphatic heterocycles. The predicted molar refractivity (Wildman–Crippen MR) is 84.4 cm³/mol. The third-order valence-electron chi connectivity index (χ3n) is 3.07. The van der Waals surface area contributed by atoms with Crippen LogP contribution < -0.4 is 0 Å². The molecule has 2 heteroatoms. The Balaban J connectivity index is 2.69. The van der Waals surface area contributed by atoms with E-state index >= 15 is 0 Å². The summed E-state index contributed by atoms with van der Waals surface area (Å²) in [6.07, 6.45) is 9.20. The van der Waals surface area contributed by atoms with Crippen molar-refractivity contribution >= 4 is 28.2 Å². The van der Waals surface area contributed by atoms with Gasteiger partial charge in [-0.25, -0.2) is 0 Å². The zero-order chi connectivity index (χ0) is 12.5. The summed E-state index contributed by atoms with van der Waals surface area (Å²) in [4.78, 5) is 4.45. The molecule has 0 saturated heterocycles. The average Bonchev–Trinajstić information content (AvgIpc) is 2.37. The molecule has 94 valence electrons. The quantitative estimate of drug-likeness (QED) is 0.495. The van der Waals surface area contributed by atoms with Crippen LogP contribution in [0.25, 0.3) is 5.57 Å². The maximum absolute atomic E-state index is 4.45. The van der Waals surface area contributed by atoms with Crippen LogP contribution in [0.3, 0.4) is 0 Å². The molecule has 1 atom stereocenters. The Morgan fingerprint density at radius 2 is 2.24 bits per heavy atom. The Morgan fingerprint density at radius 3 is 2.76 bits per heavy atom. The highest BCUT2D eigenvalue weighted by molar-refractivity contribution is 14.1. The van der Waals surface area contributed by atoms with Crippen molar-refractivity contribution in [3.8, 4) is 0 Å². The zero-order valence-electron chi connectivity index (χ0n) is 10.8. The van der Waals surface area contributed by atoms with Crippen molar-refractivity contribution in [3.05, 3.63) is 36.2 Å². The number of halogens is 1. The molecule has 0 amide bonds. The minimum atomic E-state index is 0.810. The maximum Gasteiger partial charge on any atom is 0.0658 e. The summed E-state index contributed by atoms with van der Waals surface area (Å²) < 4.78 is 1.25. The lowest BCUT2D eigenvalue weighted by atomic mass is 9.91. The lowest BCUT2D eigenvalue weighted by Crippen LogP contribution is -2.03. The molecule has 1 heterocycles. The van der Waals surface area contributed by atoms with E-state index in [9.17, 15) is 0 Å². The number of alkyl halides is 1. The summed E-state index contributed by atoms with van der Waals surface area (Å²) in [6.45, 7) is 4.40. The Hall–Kier alpha value is -0.380. The summed E-state index contributed by atoms with van der Waals surface area (Å²) in [6, 6.07) is 6.16. The van der Waals surface area contributed by atoms with Gasteiger partial charge in [0.25, 0.3) is 0 Å². The minimum Gasteiger partial charge on any atom is -0.257 e. The fourth-order valence-electron chi connectivity index (χ4n) is 2.15. The van der Waals surface area contributed by atoms with Gasteiger partial charge in [-0.1, -0.05) is 54.5 Å². The number of hydrogen-bond acceptors (Lipinski definition) is 1. The highest BCUT2D eigenvalue weighted by Gasteiger charge is 2.11. The third kappa shape index (κ3) is 5.19. The van der Waals surface area contributed by atoms with Gasteiger partial charge in [0.2, 0.25) is 0 Å². The Bertz CT molecular complexity index is 326. The molecule has 0 saturated carbocycles. The topological polar surface area (TPSA) is 12.9 Å². The normalized spacial score (nSPS) is 13.7. The summed E-state index contributed by atoms with van der Waals surface area (Å²) in [7, 11) is 0. The average molecular weight is 343 g/mol. The van der Waals surface area contributed by atoms with Gasteiger partial charge in [-0.05, 0) is 47.8 Å². The lowest BCUT2D eigenvalue weighted by molar-refractivity contribution is 0.481. The van der Waals surface area contributed by atoms with Crippen LogP contribution in [0.4, 0.5) is 0 Å². The van der Waals surface area contributed by atoms with E-state index < -0.39 is 0 Å². The van der Waals surface area contributed by atoms with Gasteiger partial charge in [0, 0.05) is 6.20 Å². The fraction of sp³-hybridized carbons (Fsp3) is 0.533. The first-order valence-electron chi connectivity index (χ1n) is 6.44. The van der Waals surface area contributed by atoms with Crippen molar-refractivity contribution < 1.29 is 0 Å². The molecule has 0 spiro atoms. The van der Waals surface area contributed by atoms with E-state index in [0.717, 1.165) is 11.6 Å². The first-order valence-corrected chi connectivity index (χ1v) is 7.96. The highest BCUT2D eigenvalue weighted by atomic mass is 127. The Kier molecular flexibility index (Phi) is 7.49. The number of pyridine rings is 1. The van der Waals surface area contributed by atoms with Crippen LogP contribution in [0.2, 0.25) is 0 Å². The van der Waals surface area contributed by atoms with E-state index in [0.29, 0.717) is 0 Å². The van der Waals surface area contributed by atoms with Crippen molar-refractivity contribution in [1.82, 2.24) is 4.98 Å². The molecule has 0 aromatic carbocycles. The summed E-state index contributed by atoms with van der Waals surface area (Å²) in [5, 5.41) is 0. The van der Waals surface area contributed by atoms with Crippen molar-refractivity contribution in [1.29, 1.82) is 0 Å². The van der Waals surface area contributed by atoms with Crippen molar-refractivity contribution in [2.45, 2.75) is 39.5 Å². The zero-order valence-corrected chi connectivity index (χ0v) is 13.0. The van der Waals surface area contributed by atoms with E-state index in [1.807, 2.05) is 12.3 Å². The van der Waals surface area contributed by atoms with Crippen LogP contribution >= 0.6 is 22.6 Å². The molecule has 1 aromatic rings. The molecule has 0 radical (unpaired) electrons. The minimum absolute atomic E-state index is 0.810. The molecule has 1 aromatic heterocycles. The number of allylic oxidation sites excluding steroid dienone is 2. The summed E-state index contributed by atoms with van der Waals surface area (Å²) in [5.74, 6) is 0.810. The number of hydrogen-bond donors (Lipinski definition) is 0. The molecule has 1 nitrogen and oxygen atoms in total. The van der Waals surface area contributed by atoms with Crippen molar-refractivity contribution in [2.75, 3.05) is 4.43 Å². The van der Waals surface area contributed by atoms with Crippen LogP contribution in [-0.4, -0.2) is 9.41 Å². The molecule has 0 aliphatic carbocycles. The highest BCUT2D eigenvalue weighted by Crippen LogP contribution is 2.26. The van der Waals surface area contributed by atoms with E-state index in [1.165, 1.54) is 35.7 Å². The SMILES string of the molecule is C/C=C(\CC(CCC)CCI)c1ccccn1. The summed E-state index contributed by atoms with van der Waals surface area (Å²) in [5.41, 5.74) is 2.54. The van der Waals surface area contributed by atoms with Crippen LogP contribution in [0.5, 0.6) is 0 Å². The van der Waals surface area contributed by atoms with Gasteiger partial charge >= 0.3 is 0 Å². The van der Waals surface area contributed by atoms with E-state index in [-0.39, 0.29) is 0 Å².